The summed E-state index contributed by atoms with van der Waals surface area (Å²) in [5.74, 6) is 0.121. The average molecular weight is 497 g/mol. The topological polar surface area (TPSA) is 67.8 Å². The predicted molar refractivity (Wildman–Crippen MR) is 130 cm³/mol. The molecule has 170 valence electrons. The monoisotopic (exact) mass is 495 g/mol. The number of carbonyl (C=O) groups is 1. The van der Waals surface area contributed by atoms with Crippen LogP contribution >= 0.6 is 35.6 Å². The van der Waals surface area contributed by atoms with Crippen LogP contribution in [0.25, 0.3) is 0 Å². The minimum Gasteiger partial charge on any atom is -0.490 e. The summed E-state index contributed by atoms with van der Waals surface area (Å²) in [5, 5.41) is 13.4. The van der Waals surface area contributed by atoms with E-state index in [1.54, 1.807) is 24.3 Å². The number of halogens is 3. The fourth-order valence-corrected chi connectivity index (χ4v) is 3.49. The van der Waals surface area contributed by atoms with Gasteiger partial charge in [0.15, 0.2) is 11.5 Å². The van der Waals surface area contributed by atoms with Crippen LogP contribution in [0, 0.1) is 0 Å². The summed E-state index contributed by atoms with van der Waals surface area (Å²) in [5.41, 5.74) is 3.06. The highest BCUT2D eigenvalue weighted by atomic mass is 35.5. The lowest BCUT2D eigenvalue weighted by molar-refractivity contribution is 0.0697. The van der Waals surface area contributed by atoms with Gasteiger partial charge in [-0.2, -0.15) is 0 Å². The van der Waals surface area contributed by atoms with E-state index < -0.39 is 5.97 Å². The number of rotatable bonds is 10. The molecule has 3 aromatic rings. The van der Waals surface area contributed by atoms with Crippen LogP contribution in [0.2, 0.25) is 10.0 Å². The van der Waals surface area contributed by atoms with E-state index in [9.17, 15) is 4.79 Å². The summed E-state index contributed by atoms with van der Waals surface area (Å²) in [4.78, 5) is 10.9. The molecule has 0 unspecified atom stereocenters. The van der Waals surface area contributed by atoms with Crippen LogP contribution in [-0.4, -0.2) is 17.7 Å². The SMILES string of the molecule is CCOc1cc(CNCc2ccc(C(=O)O)cc2)cc(Cl)c1OCc1ccccc1Cl.Cl. The molecule has 3 rings (SSSR count). The van der Waals surface area contributed by atoms with Gasteiger partial charge in [-0.15, -0.1) is 12.4 Å². The van der Waals surface area contributed by atoms with E-state index in [0.29, 0.717) is 41.2 Å². The lowest BCUT2D eigenvalue weighted by atomic mass is 10.1. The summed E-state index contributed by atoms with van der Waals surface area (Å²) in [6.45, 7) is 3.81. The largest absolute Gasteiger partial charge is 0.490 e. The van der Waals surface area contributed by atoms with Gasteiger partial charge in [-0.1, -0.05) is 53.5 Å². The number of benzene rings is 3. The predicted octanol–water partition coefficient (Wildman–Crippen LogP) is 6.38. The quantitative estimate of drug-likeness (QED) is 0.341. The number of hydrogen-bond acceptors (Lipinski definition) is 4. The van der Waals surface area contributed by atoms with E-state index >= 15 is 0 Å². The summed E-state index contributed by atoms with van der Waals surface area (Å²) in [6, 6.07) is 18.0. The van der Waals surface area contributed by atoms with Crippen molar-refractivity contribution in [1.82, 2.24) is 5.32 Å². The second kappa shape index (κ2) is 12.6. The van der Waals surface area contributed by atoms with Gasteiger partial charge in [-0.3, -0.25) is 0 Å². The van der Waals surface area contributed by atoms with Gasteiger partial charge in [0.25, 0.3) is 0 Å². The molecule has 2 N–H and O–H groups in total. The second-order valence-electron chi connectivity index (χ2n) is 6.82. The molecule has 0 aliphatic heterocycles. The Labute approximate surface area is 203 Å². The van der Waals surface area contributed by atoms with Crippen LogP contribution in [0.1, 0.15) is 34.0 Å². The molecule has 0 aliphatic rings. The third-order valence-corrected chi connectivity index (χ3v) is 5.21. The molecule has 0 heterocycles. The van der Waals surface area contributed by atoms with Crippen LogP contribution in [0.5, 0.6) is 11.5 Å². The van der Waals surface area contributed by atoms with Crippen molar-refractivity contribution in [2.75, 3.05) is 6.61 Å². The molecular formula is C24H24Cl3NO4. The Bertz CT molecular complexity index is 1040. The summed E-state index contributed by atoms with van der Waals surface area (Å²) in [6.07, 6.45) is 0. The zero-order chi connectivity index (χ0) is 22.2. The highest BCUT2D eigenvalue weighted by Gasteiger charge is 2.14. The first-order valence-corrected chi connectivity index (χ1v) is 10.6. The smallest absolute Gasteiger partial charge is 0.335 e. The third-order valence-electron chi connectivity index (χ3n) is 4.56. The van der Waals surface area contributed by atoms with Gasteiger partial charge in [-0.05, 0) is 48.4 Å². The summed E-state index contributed by atoms with van der Waals surface area (Å²) >= 11 is 12.7. The van der Waals surface area contributed by atoms with Gasteiger partial charge >= 0.3 is 5.97 Å². The van der Waals surface area contributed by atoms with Gasteiger partial charge in [0.2, 0.25) is 0 Å². The first-order valence-electron chi connectivity index (χ1n) is 9.82. The van der Waals surface area contributed by atoms with E-state index in [4.69, 9.17) is 37.8 Å². The van der Waals surface area contributed by atoms with Gasteiger partial charge < -0.3 is 19.9 Å². The Morgan fingerprint density at radius 1 is 0.938 bits per heavy atom. The minimum absolute atomic E-state index is 0. The van der Waals surface area contributed by atoms with Crippen molar-refractivity contribution in [1.29, 1.82) is 0 Å². The molecule has 0 fully saturated rings. The molecule has 5 nitrogen and oxygen atoms in total. The molecule has 0 spiro atoms. The Kier molecular flexibility index (Phi) is 10.1. The highest BCUT2D eigenvalue weighted by molar-refractivity contribution is 6.32. The second-order valence-corrected chi connectivity index (χ2v) is 7.64. The Morgan fingerprint density at radius 3 is 2.28 bits per heavy atom. The first kappa shape index (κ1) is 25.8. The van der Waals surface area contributed by atoms with Crippen LogP contribution in [-0.2, 0) is 19.7 Å². The van der Waals surface area contributed by atoms with Crippen molar-refractivity contribution in [3.05, 3.63) is 93.0 Å². The normalized spacial score (nSPS) is 10.3. The molecule has 3 aromatic carbocycles. The average Bonchev–Trinajstić information content (AvgIpc) is 2.75. The standard InChI is InChI=1S/C24H23Cl2NO4.ClH/c1-2-30-22-12-17(14-27-13-16-7-9-18(10-8-16)24(28)29)11-21(26)23(22)31-15-19-5-3-4-6-20(19)25;/h3-12,27H,2,13-15H2,1H3,(H,28,29);1H. The lowest BCUT2D eigenvalue weighted by Gasteiger charge is -2.16. The molecule has 0 aromatic heterocycles. The van der Waals surface area contributed by atoms with Gasteiger partial charge in [0, 0.05) is 23.7 Å². The summed E-state index contributed by atoms with van der Waals surface area (Å²) in [7, 11) is 0. The molecule has 0 amide bonds. The number of ether oxygens (including phenoxy) is 2. The number of aromatic carboxylic acids is 1. The zero-order valence-corrected chi connectivity index (χ0v) is 19.8. The van der Waals surface area contributed by atoms with E-state index in [0.717, 1.165) is 16.7 Å². The molecule has 0 saturated carbocycles. The van der Waals surface area contributed by atoms with Crippen molar-refractivity contribution in [3.63, 3.8) is 0 Å². The van der Waals surface area contributed by atoms with Crippen molar-refractivity contribution in [3.8, 4) is 11.5 Å². The number of carboxylic acids is 1. The molecule has 0 aliphatic carbocycles. The van der Waals surface area contributed by atoms with Gasteiger partial charge in [-0.25, -0.2) is 4.79 Å². The number of hydrogen-bond donors (Lipinski definition) is 2. The van der Waals surface area contributed by atoms with E-state index in [1.807, 2.05) is 43.3 Å². The highest BCUT2D eigenvalue weighted by Crippen LogP contribution is 2.37. The molecule has 0 bridgehead atoms. The van der Waals surface area contributed by atoms with Crippen molar-refractivity contribution < 1.29 is 19.4 Å². The molecular weight excluding hydrogens is 473 g/mol. The van der Waals surface area contributed by atoms with E-state index in [1.165, 1.54) is 0 Å². The van der Waals surface area contributed by atoms with Crippen molar-refractivity contribution in [2.45, 2.75) is 26.6 Å². The maximum Gasteiger partial charge on any atom is 0.335 e. The van der Waals surface area contributed by atoms with E-state index in [2.05, 4.69) is 5.32 Å². The first-order chi connectivity index (χ1) is 15.0. The van der Waals surface area contributed by atoms with E-state index in [-0.39, 0.29) is 24.6 Å². The summed E-state index contributed by atoms with van der Waals surface area (Å²) < 4.78 is 11.7. The number of nitrogens with one attached hydrogen (secondary N) is 1. The van der Waals surface area contributed by atoms with Crippen molar-refractivity contribution in [2.24, 2.45) is 0 Å². The molecule has 32 heavy (non-hydrogen) atoms. The minimum atomic E-state index is -0.936. The lowest BCUT2D eigenvalue weighted by Crippen LogP contribution is -2.13. The Balaban J connectivity index is 0.00000363. The van der Waals surface area contributed by atoms with Gasteiger partial charge in [0.1, 0.15) is 6.61 Å². The van der Waals surface area contributed by atoms with Crippen LogP contribution in [0.3, 0.4) is 0 Å². The Morgan fingerprint density at radius 2 is 1.62 bits per heavy atom. The van der Waals surface area contributed by atoms with Gasteiger partial charge in [0.05, 0.1) is 17.2 Å². The molecule has 8 heteroatoms. The zero-order valence-electron chi connectivity index (χ0n) is 17.4. The third kappa shape index (κ3) is 7.04. The van der Waals surface area contributed by atoms with Crippen LogP contribution in [0.15, 0.2) is 60.7 Å². The van der Waals surface area contributed by atoms with Crippen LogP contribution < -0.4 is 14.8 Å². The van der Waals surface area contributed by atoms with Crippen molar-refractivity contribution >= 4 is 41.6 Å². The fourth-order valence-electron chi connectivity index (χ4n) is 3.01. The van der Waals surface area contributed by atoms with Crippen LogP contribution in [0.4, 0.5) is 0 Å². The number of carboxylic acid groups (broad SMARTS) is 1. The molecule has 0 saturated heterocycles. The maximum atomic E-state index is 10.9. The fraction of sp³-hybridized carbons (Fsp3) is 0.208. The molecule has 0 radical (unpaired) electrons. The Hall–Kier alpha value is -2.44. The maximum absolute atomic E-state index is 10.9. The molecule has 0 atom stereocenters.